The molecule has 1 heterocycles. The van der Waals surface area contributed by atoms with Crippen LogP contribution in [0.1, 0.15) is 18.1 Å². The number of H-pyrrole nitrogens is 1. The lowest BCUT2D eigenvalue weighted by Crippen LogP contribution is -2.18. The third kappa shape index (κ3) is 4.77. The van der Waals surface area contributed by atoms with E-state index in [4.69, 9.17) is 9.47 Å². The van der Waals surface area contributed by atoms with E-state index in [0.29, 0.717) is 22.7 Å². The van der Waals surface area contributed by atoms with Crippen LogP contribution in [0.4, 0.5) is 5.69 Å². The predicted molar refractivity (Wildman–Crippen MR) is 124 cm³/mol. The molecule has 0 aliphatic rings. The Morgan fingerprint density at radius 2 is 1.85 bits per heavy atom. The monoisotopic (exact) mass is 445 g/mol. The smallest absolute Gasteiger partial charge is 0.365 e. The Hall–Kier alpha value is -4.40. The number of hydrogen-bond acceptors (Lipinski definition) is 6. The van der Waals surface area contributed by atoms with Crippen molar-refractivity contribution in [2.45, 2.75) is 20.5 Å². The summed E-state index contributed by atoms with van der Waals surface area (Å²) in [7, 11) is 1.56. The summed E-state index contributed by atoms with van der Waals surface area (Å²) in [5.41, 5.74) is 4.40. The first-order valence-corrected chi connectivity index (χ1v) is 10.2. The fraction of sp³-hybridized carbons (Fsp3) is 0.167. The second-order valence-electron chi connectivity index (χ2n) is 7.41. The number of ether oxygens (including phenoxy) is 2. The van der Waals surface area contributed by atoms with Crippen molar-refractivity contribution >= 4 is 11.6 Å². The first-order chi connectivity index (χ1) is 16.0. The van der Waals surface area contributed by atoms with Crippen molar-refractivity contribution in [3.8, 4) is 28.3 Å². The number of anilines is 1. The van der Waals surface area contributed by atoms with Crippen LogP contribution in [0, 0.1) is 6.92 Å². The van der Waals surface area contributed by atoms with E-state index in [1.54, 1.807) is 25.3 Å². The fourth-order valence-corrected chi connectivity index (χ4v) is 3.56. The van der Waals surface area contributed by atoms with Crippen LogP contribution < -0.4 is 20.5 Å². The zero-order chi connectivity index (χ0) is 23.4. The quantitative estimate of drug-likeness (QED) is 0.451. The molecule has 4 rings (SSSR count). The zero-order valence-corrected chi connectivity index (χ0v) is 18.5. The van der Waals surface area contributed by atoms with E-state index >= 15 is 0 Å². The molecule has 0 radical (unpaired) electrons. The van der Waals surface area contributed by atoms with Gasteiger partial charge in [-0.2, -0.15) is 4.68 Å². The lowest BCUT2D eigenvalue weighted by Gasteiger charge is -2.15. The van der Waals surface area contributed by atoms with Gasteiger partial charge >= 0.3 is 5.69 Å². The van der Waals surface area contributed by atoms with E-state index in [-0.39, 0.29) is 12.5 Å². The normalized spacial score (nSPS) is 10.6. The Kier molecular flexibility index (Phi) is 6.21. The number of aromatic nitrogens is 4. The van der Waals surface area contributed by atoms with Crippen LogP contribution in [0.25, 0.3) is 16.8 Å². The molecule has 0 saturated heterocycles. The Morgan fingerprint density at radius 1 is 1.06 bits per heavy atom. The van der Waals surface area contributed by atoms with E-state index in [1.165, 1.54) is 11.6 Å². The highest BCUT2D eigenvalue weighted by molar-refractivity contribution is 5.89. The summed E-state index contributed by atoms with van der Waals surface area (Å²) in [6.45, 7) is 3.60. The molecule has 168 valence electrons. The Bertz CT molecular complexity index is 1360. The molecule has 3 aromatic carbocycles. The highest BCUT2D eigenvalue weighted by Crippen LogP contribution is 2.30. The number of carbonyl (C=O) groups is 1. The maximum Gasteiger partial charge on any atom is 0.365 e. The molecule has 1 aromatic heterocycles. The molecular formula is C24H23N5O4. The Morgan fingerprint density at radius 3 is 2.55 bits per heavy atom. The number of nitrogens with one attached hydrogen (secondary N) is 2. The number of aryl methyl sites for hydroxylation is 1. The van der Waals surface area contributed by atoms with Gasteiger partial charge in [0.2, 0.25) is 5.91 Å². The molecule has 0 spiro atoms. The third-order valence-electron chi connectivity index (χ3n) is 5.09. The highest BCUT2D eigenvalue weighted by atomic mass is 16.5. The molecule has 2 N–H and O–H groups in total. The van der Waals surface area contributed by atoms with Crippen molar-refractivity contribution < 1.29 is 14.3 Å². The lowest BCUT2D eigenvalue weighted by atomic mass is 10.0. The summed E-state index contributed by atoms with van der Waals surface area (Å²) >= 11 is 0. The molecule has 0 unspecified atom stereocenters. The lowest BCUT2D eigenvalue weighted by molar-refractivity contribution is -0.114. The number of hydrogen-bond donors (Lipinski definition) is 2. The van der Waals surface area contributed by atoms with Crippen LogP contribution in [0.15, 0.2) is 65.5 Å². The molecular weight excluding hydrogens is 422 g/mol. The predicted octanol–water partition coefficient (Wildman–Crippen LogP) is 3.48. The van der Waals surface area contributed by atoms with Gasteiger partial charge in [-0.25, -0.2) is 9.89 Å². The number of nitrogens with zero attached hydrogens (tertiary/aromatic N) is 3. The molecule has 9 nitrogen and oxygen atoms in total. The number of aromatic amines is 1. The topological polar surface area (TPSA) is 111 Å². The molecule has 0 saturated carbocycles. The average Bonchev–Trinajstić information content (AvgIpc) is 3.23. The van der Waals surface area contributed by atoms with Crippen molar-refractivity contribution in [2.24, 2.45) is 0 Å². The van der Waals surface area contributed by atoms with Gasteiger partial charge < -0.3 is 14.8 Å². The van der Waals surface area contributed by atoms with Gasteiger partial charge in [-0.1, -0.05) is 24.3 Å². The molecule has 33 heavy (non-hydrogen) atoms. The van der Waals surface area contributed by atoms with Crippen molar-refractivity contribution in [3.63, 3.8) is 0 Å². The number of carbonyl (C=O) groups excluding carboxylic acids is 1. The molecule has 0 atom stereocenters. The van der Waals surface area contributed by atoms with Crippen LogP contribution in [0.2, 0.25) is 0 Å². The molecule has 0 aliphatic heterocycles. The summed E-state index contributed by atoms with van der Waals surface area (Å²) in [5.74, 6) is 1.16. The number of tetrazole rings is 1. The SMILES string of the molecule is COc1cccc(-n2nn[nH]c2=O)c1COc1ccc(-c2cccc(NC(C)=O)c2)cc1C. The Labute approximate surface area is 190 Å². The van der Waals surface area contributed by atoms with Gasteiger partial charge in [-0.15, -0.1) is 0 Å². The minimum Gasteiger partial charge on any atom is -0.496 e. The van der Waals surface area contributed by atoms with Crippen molar-refractivity contribution in [3.05, 3.63) is 82.3 Å². The summed E-state index contributed by atoms with van der Waals surface area (Å²) in [5, 5.41) is 12.5. The summed E-state index contributed by atoms with van der Waals surface area (Å²) < 4.78 is 12.7. The van der Waals surface area contributed by atoms with Crippen LogP contribution in [-0.2, 0) is 11.4 Å². The van der Waals surface area contributed by atoms with Crippen molar-refractivity contribution in [1.82, 2.24) is 20.2 Å². The van der Waals surface area contributed by atoms with Crippen LogP contribution in [-0.4, -0.2) is 33.2 Å². The zero-order valence-electron chi connectivity index (χ0n) is 18.5. The highest BCUT2D eigenvalue weighted by Gasteiger charge is 2.15. The van der Waals surface area contributed by atoms with Crippen molar-refractivity contribution in [2.75, 3.05) is 12.4 Å². The van der Waals surface area contributed by atoms with Crippen LogP contribution in [0.5, 0.6) is 11.5 Å². The number of methoxy groups -OCH3 is 1. The molecule has 0 fully saturated rings. The van der Waals surface area contributed by atoms with Gasteiger partial charge in [0, 0.05) is 12.6 Å². The van der Waals surface area contributed by atoms with Gasteiger partial charge in [-0.05, 0) is 70.4 Å². The maximum atomic E-state index is 12.0. The van der Waals surface area contributed by atoms with Crippen molar-refractivity contribution in [1.29, 1.82) is 0 Å². The largest absolute Gasteiger partial charge is 0.496 e. The molecule has 1 amide bonds. The first-order valence-electron chi connectivity index (χ1n) is 10.2. The van der Waals surface area contributed by atoms with Crippen LogP contribution in [0.3, 0.4) is 0 Å². The van der Waals surface area contributed by atoms with Gasteiger partial charge in [0.1, 0.15) is 18.1 Å². The fourth-order valence-electron chi connectivity index (χ4n) is 3.56. The molecule has 0 bridgehead atoms. The maximum absolute atomic E-state index is 12.0. The average molecular weight is 445 g/mol. The number of rotatable bonds is 7. The first kappa shape index (κ1) is 21.8. The van der Waals surface area contributed by atoms with E-state index < -0.39 is 5.69 Å². The second-order valence-corrected chi connectivity index (χ2v) is 7.41. The van der Waals surface area contributed by atoms with Gasteiger partial charge in [0.25, 0.3) is 0 Å². The van der Waals surface area contributed by atoms with Gasteiger partial charge in [0.15, 0.2) is 0 Å². The third-order valence-corrected chi connectivity index (χ3v) is 5.09. The second kappa shape index (κ2) is 9.39. The van der Waals surface area contributed by atoms with E-state index in [1.807, 2.05) is 49.4 Å². The van der Waals surface area contributed by atoms with Crippen LogP contribution >= 0.6 is 0 Å². The number of amides is 1. The Balaban J connectivity index is 1.59. The summed E-state index contributed by atoms with van der Waals surface area (Å²) in [4.78, 5) is 23.4. The van der Waals surface area contributed by atoms with Gasteiger partial charge in [-0.3, -0.25) is 4.79 Å². The van der Waals surface area contributed by atoms with E-state index in [0.717, 1.165) is 22.4 Å². The summed E-state index contributed by atoms with van der Waals surface area (Å²) in [6.07, 6.45) is 0. The van der Waals surface area contributed by atoms with E-state index in [2.05, 4.69) is 20.8 Å². The number of benzene rings is 3. The molecule has 4 aromatic rings. The standard InChI is InChI=1S/C24H23N5O4/c1-15-12-18(17-6-4-7-19(13-17)25-16(2)30)10-11-22(15)33-14-20-21(8-5-9-23(20)32-3)29-24(31)26-27-28-29/h4-13H,14H2,1-3H3,(H,25,30)(H,26,28,31). The minimum atomic E-state index is -0.452. The minimum absolute atomic E-state index is 0.115. The molecule has 0 aliphatic carbocycles. The summed E-state index contributed by atoms with van der Waals surface area (Å²) in [6, 6.07) is 18.9. The molecule has 9 heteroatoms. The van der Waals surface area contributed by atoms with E-state index in [9.17, 15) is 9.59 Å². The van der Waals surface area contributed by atoms with Gasteiger partial charge in [0.05, 0.1) is 18.4 Å².